The van der Waals surface area contributed by atoms with Crippen LogP contribution in [-0.4, -0.2) is 16.7 Å². The van der Waals surface area contributed by atoms with Gasteiger partial charge in [-0.05, 0) is 60.4 Å². The summed E-state index contributed by atoms with van der Waals surface area (Å²) in [5.41, 5.74) is 9.06. The summed E-state index contributed by atoms with van der Waals surface area (Å²) in [6.07, 6.45) is 3.03. The maximum Gasteiger partial charge on any atom is 0.135 e. The van der Waals surface area contributed by atoms with Crippen molar-refractivity contribution < 1.29 is 9.84 Å². The van der Waals surface area contributed by atoms with Crippen molar-refractivity contribution >= 4 is 10.8 Å². The van der Waals surface area contributed by atoms with Gasteiger partial charge in [0.2, 0.25) is 0 Å². The highest BCUT2D eigenvalue weighted by Gasteiger charge is 2.47. The van der Waals surface area contributed by atoms with Crippen LogP contribution in [0.4, 0.5) is 0 Å². The first-order valence-corrected chi connectivity index (χ1v) is 9.38. The summed E-state index contributed by atoms with van der Waals surface area (Å²) >= 11 is 0. The number of ether oxygens (including phenoxy) is 1. The first kappa shape index (κ1) is 15.9. The summed E-state index contributed by atoms with van der Waals surface area (Å²) in [5.74, 6) is 1.90. The van der Waals surface area contributed by atoms with E-state index in [1.165, 1.54) is 16.5 Å². The Balaban J connectivity index is 1.70. The van der Waals surface area contributed by atoms with Gasteiger partial charge in [0, 0.05) is 16.8 Å². The normalized spacial score (nSPS) is 27.2. The summed E-state index contributed by atoms with van der Waals surface area (Å²) in [4.78, 5) is 0. The van der Waals surface area contributed by atoms with Gasteiger partial charge in [0.05, 0.1) is 6.10 Å². The predicted octanol–water partition coefficient (Wildman–Crippen LogP) is 4.51. The molecule has 3 aromatic rings. The maximum absolute atomic E-state index is 10.3. The van der Waals surface area contributed by atoms with Gasteiger partial charge < -0.3 is 15.6 Å². The summed E-state index contributed by atoms with van der Waals surface area (Å²) in [7, 11) is 0. The second-order valence-corrected chi connectivity index (χ2v) is 7.78. The molecule has 3 aromatic carbocycles. The fourth-order valence-electron chi connectivity index (χ4n) is 4.95. The van der Waals surface area contributed by atoms with E-state index in [4.69, 9.17) is 10.5 Å². The van der Waals surface area contributed by atoms with E-state index in [0.29, 0.717) is 6.42 Å². The molecular formula is C23H23NO2. The number of fused-ring (bicyclic) bond motifs is 5. The fraction of sp³-hybridized carbons (Fsp3) is 0.304. The van der Waals surface area contributed by atoms with Gasteiger partial charge in [0.25, 0.3) is 0 Å². The quantitative estimate of drug-likeness (QED) is 0.718. The van der Waals surface area contributed by atoms with Gasteiger partial charge in [-0.1, -0.05) is 42.5 Å². The van der Waals surface area contributed by atoms with Crippen molar-refractivity contribution in [2.75, 3.05) is 0 Å². The number of aryl methyl sites for hydroxylation is 1. The van der Waals surface area contributed by atoms with Gasteiger partial charge in [-0.3, -0.25) is 0 Å². The van der Waals surface area contributed by atoms with Gasteiger partial charge >= 0.3 is 0 Å². The molecule has 0 aromatic heterocycles. The Bertz CT molecular complexity index is 969. The molecule has 132 valence electrons. The zero-order valence-corrected chi connectivity index (χ0v) is 14.7. The van der Waals surface area contributed by atoms with Gasteiger partial charge in [0.1, 0.15) is 11.5 Å². The Kier molecular flexibility index (Phi) is 3.56. The van der Waals surface area contributed by atoms with Crippen molar-refractivity contribution in [1.29, 1.82) is 0 Å². The minimum absolute atomic E-state index is 0.198. The van der Waals surface area contributed by atoms with Gasteiger partial charge in [-0.2, -0.15) is 0 Å². The highest BCUT2D eigenvalue weighted by molar-refractivity contribution is 5.93. The third-order valence-electron chi connectivity index (χ3n) is 6.16. The Morgan fingerprint density at radius 3 is 2.54 bits per heavy atom. The molecule has 0 spiro atoms. The van der Waals surface area contributed by atoms with Crippen LogP contribution in [0.25, 0.3) is 10.8 Å². The predicted molar refractivity (Wildman–Crippen MR) is 104 cm³/mol. The molecule has 0 amide bonds. The van der Waals surface area contributed by atoms with E-state index in [0.717, 1.165) is 36.1 Å². The Morgan fingerprint density at radius 1 is 1.00 bits per heavy atom. The van der Waals surface area contributed by atoms with E-state index in [1.807, 2.05) is 30.3 Å². The minimum Gasteiger partial charge on any atom is -0.457 e. The summed E-state index contributed by atoms with van der Waals surface area (Å²) < 4.78 is 6.26. The molecule has 26 heavy (non-hydrogen) atoms. The van der Waals surface area contributed by atoms with Crippen LogP contribution < -0.4 is 10.5 Å². The van der Waals surface area contributed by atoms with Crippen LogP contribution in [0.5, 0.6) is 11.5 Å². The molecule has 5 rings (SSSR count). The Hall–Kier alpha value is -2.36. The van der Waals surface area contributed by atoms with Crippen LogP contribution in [0, 0.1) is 0 Å². The zero-order chi connectivity index (χ0) is 17.7. The number of nitrogens with two attached hydrogens (primary N) is 1. The maximum atomic E-state index is 10.3. The van der Waals surface area contributed by atoms with E-state index in [1.54, 1.807) is 0 Å². The minimum atomic E-state index is -0.305. The molecule has 3 N–H and O–H groups in total. The molecule has 2 aliphatic carbocycles. The molecule has 3 heteroatoms. The number of hydrogen-bond donors (Lipinski definition) is 2. The molecule has 0 radical (unpaired) electrons. The number of para-hydroxylation sites is 1. The molecule has 3 atom stereocenters. The van der Waals surface area contributed by atoms with Crippen LogP contribution >= 0.6 is 0 Å². The van der Waals surface area contributed by atoms with Gasteiger partial charge in [0.15, 0.2) is 0 Å². The Morgan fingerprint density at radius 2 is 1.73 bits per heavy atom. The average Bonchev–Trinajstić information content (AvgIpc) is 2.97. The van der Waals surface area contributed by atoms with Crippen LogP contribution in [0.2, 0.25) is 0 Å². The third kappa shape index (κ3) is 2.43. The highest BCUT2D eigenvalue weighted by atomic mass is 16.5. The third-order valence-corrected chi connectivity index (χ3v) is 6.16. The topological polar surface area (TPSA) is 55.5 Å². The van der Waals surface area contributed by atoms with E-state index in [9.17, 15) is 5.11 Å². The second kappa shape index (κ2) is 5.83. The molecule has 0 heterocycles. The molecule has 1 fully saturated rings. The summed E-state index contributed by atoms with van der Waals surface area (Å²) in [6, 6.07) is 20.5. The molecule has 3 nitrogen and oxygen atoms in total. The first-order valence-electron chi connectivity index (χ1n) is 9.38. The lowest BCUT2D eigenvalue weighted by molar-refractivity contribution is 0.173. The van der Waals surface area contributed by atoms with Crippen LogP contribution in [0.3, 0.4) is 0 Å². The molecule has 0 aliphatic heterocycles. The lowest BCUT2D eigenvalue weighted by atomic mass is 9.71. The fourth-order valence-corrected chi connectivity index (χ4v) is 4.95. The van der Waals surface area contributed by atoms with Crippen LogP contribution in [0.15, 0.2) is 60.7 Å². The summed E-state index contributed by atoms with van der Waals surface area (Å²) in [6.45, 7) is 0. The zero-order valence-electron chi connectivity index (χ0n) is 14.7. The van der Waals surface area contributed by atoms with Crippen molar-refractivity contribution in [1.82, 2.24) is 0 Å². The molecule has 0 unspecified atom stereocenters. The summed E-state index contributed by atoms with van der Waals surface area (Å²) in [5, 5.41) is 12.6. The van der Waals surface area contributed by atoms with Gasteiger partial charge in [-0.25, -0.2) is 0 Å². The molecular weight excluding hydrogens is 322 g/mol. The van der Waals surface area contributed by atoms with E-state index in [2.05, 4.69) is 30.3 Å². The van der Waals surface area contributed by atoms with Crippen LogP contribution in [-0.2, 0) is 6.42 Å². The SMILES string of the molecule is N[C@@]12CCc3c(cc(Oc4ccccc4)c4ccccc34)[C@H]1C[C@H](O)C2. The molecule has 0 saturated heterocycles. The number of hydrogen-bond acceptors (Lipinski definition) is 3. The van der Waals surface area contributed by atoms with E-state index < -0.39 is 0 Å². The van der Waals surface area contributed by atoms with E-state index in [-0.39, 0.29) is 17.6 Å². The second-order valence-electron chi connectivity index (χ2n) is 7.78. The first-order chi connectivity index (χ1) is 12.6. The lowest BCUT2D eigenvalue weighted by Crippen LogP contribution is -2.45. The highest BCUT2D eigenvalue weighted by Crippen LogP contribution is 2.51. The van der Waals surface area contributed by atoms with Crippen molar-refractivity contribution in [3.05, 3.63) is 71.8 Å². The molecule has 0 bridgehead atoms. The Labute approximate surface area is 153 Å². The average molecular weight is 345 g/mol. The standard InChI is InChI=1S/C23H23NO2/c24-23-11-10-18-17-8-4-5-9-19(17)22(26-16-6-2-1-3-7-16)13-20(18)21(23)12-15(25)14-23/h1-9,13,15,21,25H,10-12,14,24H2/t15-,21+,23+/m0/s1. The van der Waals surface area contributed by atoms with Crippen molar-refractivity contribution in [3.63, 3.8) is 0 Å². The number of aliphatic hydroxyl groups excluding tert-OH is 1. The molecule has 1 saturated carbocycles. The molecule has 2 aliphatic rings. The number of benzene rings is 3. The monoisotopic (exact) mass is 345 g/mol. The number of rotatable bonds is 2. The van der Waals surface area contributed by atoms with E-state index >= 15 is 0 Å². The van der Waals surface area contributed by atoms with Crippen molar-refractivity contribution in [2.45, 2.75) is 43.2 Å². The van der Waals surface area contributed by atoms with Crippen LogP contribution in [0.1, 0.15) is 36.3 Å². The largest absolute Gasteiger partial charge is 0.457 e. The van der Waals surface area contributed by atoms with Crippen molar-refractivity contribution in [2.24, 2.45) is 5.73 Å². The lowest BCUT2D eigenvalue weighted by Gasteiger charge is -2.38. The van der Waals surface area contributed by atoms with Gasteiger partial charge in [-0.15, -0.1) is 0 Å². The number of aliphatic hydroxyl groups is 1. The smallest absolute Gasteiger partial charge is 0.135 e. The van der Waals surface area contributed by atoms with Crippen molar-refractivity contribution in [3.8, 4) is 11.5 Å².